The normalized spacial score (nSPS) is 11.8. The SMILES string of the molecule is N#CC(C(=O)c1ccco1)c1nc(-c2ccccc2)cs1. The van der Waals surface area contributed by atoms with E-state index in [-0.39, 0.29) is 11.5 Å². The summed E-state index contributed by atoms with van der Waals surface area (Å²) in [7, 11) is 0. The lowest BCUT2D eigenvalue weighted by Crippen LogP contribution is -2.10. The number of hydrogen-bond donors (Lipinski definition) is 0. The quantitative estimate of drug-likeness (QED) is 0.684. The van der Waals surface area contributed by atoms with Gasteiger partial charge < -0.3 is 4.42 Å². The van der Waals surface area contributed by atoms with Crippen LogP contribution in [0.2, 0.25) is 0 Å². The number of thiazole rings is 1. The molecule has 0 saturated carbocycles. The van der Waals surface area contributed by atoms with Crippen LogP contribution in [0, 0.1) is 11.3 Å². The molecule has 0 aliphatic carbocycles. The zero-order valence-electron chi connectivity index (χ0n) is 10.9. The topological polar surface area (TPSA) is 66.9 Å². The molecule has 0 saturated heterocycles. The maximum Gasteiger partial charge on any atom is 0.222 e. The highest BCUT2D eigenvalue weighted by molar-refractivity contribution is 7.10. The minimum atomic E-state index is -0.932. The van der Waals surface area contributed by atoms with Crippen LogP contribution in [0.3, 0.4) is 0 Å². The number of benzene rings is 1. The van der Waals surface area contributed by atoms with Crippen molar-refractivity contribution in [3.05, 3.63) is 64.9 Å². The summed E-state index contributed by atoms with van der Waals surface area (Å²) >= 11 is 1.31. The van der Waals surface area contributed by atoms with E-state index in [1.54, 1.807) is 12.1 Å². The second-order valence-corrected chi connectivity index (χ2v) is 5.23. The number of hydrogen-bond acceptors (Lipinski definition) is 5. The maximum atomic E-state index is 12.2. The molecular weight excluding hydrogens is 284 g/mol. The van der Waals surface area contributed by atoms with Crippen LogP contribution in [0.5, 0.6) is 0 Å². The molecule has 0 amide bonds. The molecule has 0 N–H and O–H groups in total. The zero-order valence-corrected chi connectivity index (χ0v) is 11.7. The van der Waals surface area contributed by atoms with Crippen LogP contribution >= 0.6 is 11.3 Å². The molecule has 0 aliphatic heterocycles. The lowest BCUT2D eigenvalue weighted by atomic mass is 10.0. The van der Waals surface area contributed by atoms with Gasteiger partial charge in [-0.3, -0.25) is 4.79 Å². The van der Waals surface area contributed by atoms with Gasteiger partial charge in [-0.2, -0.15) is 5.26 Å². The van der Waals surface area contributed by atoms with Crippen LogP contribution < -0.4 is 0 Å². The van der Waals surface area contributed by atoms with E-state index in [1.807, 2.05) is 41.8 Å². The van der Waals surface area contributed by atoms with Crippen LogP contribution in [0.4, 0.5) is 0 Å². The minimum Gasteiger partial charge on any atom is -0.461 e. The van der Waals surface area contributed by atoms with Gasteiger partial charge in [-0.1, -0.05) is 30.3 Å². The van der Waals surface area contributed by atoms with Gasteiger partial charge in [0.25, 0.3) is 0 Å². The summed E-state index contributed by atoms with van der Waals surface area (Å²) in [5.41, 5.74) is 1.73. The highest BCUT2D eigenvalue weighted by Crippen LogP contribution is 2.28. The average molecular weight is 294 g/mol. The number of nitrogens with zero attached hydrogens (tertiary/aromatic N) is 2. The smallest absolute Gasteiger partial charge is 0.222 e. The molecule has 0 spiro atoms. The molecule has 2 aromatic heterocycles. The first-order valence-corrected chi connectivity index (χ1v) is 7.15. The first-order valence-electron chi connectivity index (χ1n) is 6.28. The van der Waals surface area contributed by atoms with Crippen LogP contribution in [-0.4, -0.2) is 10.8 Å². The predicted molar refractivity (Wildman–Crippen MR) is 78.9 cm³/mol. The van der Waals surface area contributed by atoms with Gasteiger partial charge in [0, 0.05) is 10.9 Å². The third-order valence-electron chi connectivity index (χ3n) is 2.99. The highest BCUT2D eigenvalue weighted by Gasteiger charge is 2.26. The summed E-state index contributed by atoms with van der Waals surface area (Å²) in [4.78, 5) is 16.6. The largest absolute Gasteiger partial charge is 0.461 e. The summed E-state index contributed by atoms with van der Waals surface area (Å²) in [5, 5.41) is 11.6. The van der Waals surface area contributed by atoms with Crippen molar-refractivity contribution in [2.24, 2.45) is 0 Å². The first-order chi connectivity index (χ1) is 10.3. The molecule has 1 aromatic carbocycles. The molecule has 0 radical (unpaired) electrons. The van der Waals surface area contributed by atoms with E-state index in [9.17, 15) is 10.1 Å². The standard InChI is InChI=1S/C16H10N2O2S/c17-9-12(15(19)14-7-4-8-20-14)16-18-13(10-21-16)11-5-2-1-3-6-11/h1-8,10,12H. The van der Waals surface area contributed by atoms with Gasteiger partial charge in [0.15, 0.2) is 11.7 Å². The maximum absolute atomic E-state index is 12.2. The summed E-state index contributed by atoms with van der Waals surface area (Å²) in [5.74, 6) is -1.12. The van der Waals surface area contributed by atoms with Crippen molar-refractivity contribution >= 4 is 17.1 Å². The first kappa shape index (κ1) is 13.3. The Morgan fingerprint density at radius 1 is 1.24 bits per heavy atom. The van der Waals surface area contributed by atoms with Crippen LogP contribution in [0.15, 0.2) is 58.5 Å². The van der Waals surface area contributed by atoms with Crippen molar-refractivity contribution in [1.82, 2.24) is 4.98 Å². The molecule has 3 aromatic rings. The fraction of sp³-hybridized carbons (Fsp3) is 0.0625. The zero-order chi connectivity index (χ0) is 14.7. The van der Waals surface area contributed by atoms with Crippen LogP contribution in [0.25, 0.3) is 11.3 Å². The molecular formula is C16H10N2O2S. The number of aromatic nitrogens is 1. The van der Waals surface area contributed by atoms with E-state index in [1.165, 1.54) is 17.6 Å². The highest BCUT2D eigenvalue weighted by atomic mass is 32.1. The number of carbonyl (C=O) groups excluding carboxylic acids is 1. The third kappa shape index (κ3) is 2.62. The second-order valence-electron chi connectivity index (χ2n) is 4.34. The van der Waals surface area contributed by atoms with Crippen molar-refractivity contribution in [1.29, 1.82) is 5.26 Å². The average Bonchev–Trinajstić information content (AvgIpc) is 3.21. The lowest BCUT2D eigenvalue weighted by Gasteiger charge is -2.02. The summed E-state index contributed by atoms with van der Waals surface area (Å²) in [6, 6.07) is 14.8. The van der Waals surface area contributed by atoms with Gasteiger partial charge in [-0.05, 0) is 12.1 Å². The van der Waals surface area contributed by atoms with E-state index in [2.05, 4.69) is 4.98 Å². The van der Waals surface area contributed by atoms with Crippen molar-refractivity contribution in [3.63, 3.8) is 0 Å². The van der Waals surface area contributed by atoms with Gasteiger partial charge in [-0.25, -0.2) is 4.98 Å². The molecule has 1 unspecified atom stereocenters. The van der Waals surface area contributed by atoms with Gasteiger partial charge in [0.05, 0.1) is 18.0 Å². The molecule has 5 heteroatoms. The summed E-state index contributed by atoms with van der Waals surface area (Å²) in [6.45, 7) is 0. The van der Waals surface area contributed by atoms with Crippen molar-refractivity contribution in [3.8, 4) is 17.3 Å². The van der Waals surface area contributed by atoms with Gasteiger partial charge >= 0.3 is 0 Å². The molecule has 4 nitrogen and oxygen atoms in total. The fourth-order valence-corrected chi connectivity index (χ4v) is 2.82. The van der Waals surface area contributed by atoms with Crippen LogP contribution in [0.1, 0.15) is 21.5 Å². The number of nitriles is 1. The second kappa shape index (κ2) is 5.73. The third-order valence-corrected chi connectivity index (χ3v) is 3.90. The molecule has 21 heavy (non-hydrogen) atoms. The Kier molecular flexibility index (Phi) is 3.63. The Hall–Kier alpha value is -2.71. The monoisotopic (exact) mass is 294 g/mol. The number of carbonyl (C=O) groups is 1. The van der Waals surface area contributed by atoms with Crippen LogP contribution in [-0.2, 0) is 0 Å². The number of rotatable bonds is 4. The number of Topliss-reactive ketones (excluding diaryl/α,β-unsaturated/α-hetero) is 1. The molecule has 2 heterocycles. The number of furan rings is 1. The van der Waals surface area contributed by atoms with E-state index in [0.29, 0.717) is 5.01 Å². The summed E-state index contributed by atoms with van der Waals surface area (Å²) in [6.07, 6.45) is 1.42. The molecule has 0 fully saturated rings. The number of ketones is 1. The van der Waals surface area contributed by atoms with Gasteiger partial charge in [0.1, 0.15) is 5.01 Å². The van der Waals surface area contributed by atoms with E-state index < -0.39 is 5.92 Å². The lowest BCUT2D eigenvalue weighted by molar-refractivity contribution is 0.0952. The van der Waals surface area contributed by atoms with E-state index >= 15 is 0 Å². The Morgan fingerprint density at radius 2 is 2.05 bits per heavy atom. The Balaban J connectivity index is 1.91. The van der Waals surface area contributed by atoms with Gasteiger partial charge in [0.2, 0.25) is 5.78 Å². The molecule has 102 valence electrons. The fourth-order valence-electron chi connectivity index (χ4n) is 1.95. The molecule has 0 aliphatic rings. The van der Waals surface area contributed by atoms with Gasteiger partial charge in [-0.15, -0.1) is 11.3 Å². The Bertz CT molecular complexity index is 785. The van der Waals surface area contributed by atoms with E-state index in [0.717, 1.165) is 11.3 Å². The predicted octanol–water partition coefficient (Wildman–Crippen LogP) is 3.89. The Morgan fingerprint density at radius 3 is 2.71 bits per heavy atom. The summed E-state index contributed by atoms with van der Waals surface area (Å²) < 4.78 is 5.07. The van der Waals surface area contributed by atoms with Crippen molar-refractivity contribution < 1.29 is 9.21 Å². The van der Waals surface area contributed by atoms with Crippen molar-refractivity contribution in [2.45, 2.75) is 5.92 Å². The molecule has 3 rings (SSSR count). The minimum absolute atomic E-state index is 0.179. The molecule has 0 bridgehead atoms. The molecule has 1 atom stereocenters. The Labute approximate surface area is 125 Å². The van der Waals surface area contributed by atoms with E-state index in [4.69, 9.17) is 4.42 Å². The van der Waals surface area contributed by atoms with Crippen molar-refractivity contribution in [2.75, 3.05) is 0 Å².